The first kappa shape index (κ1) is 11.6. The number of sulfonamides is 1. The average molecular weight is 263 g/mol. The van der Waals surface area contributed by atoms with E-state index < -0.39 is 10.0 Å². The normalized spacial score (nSPS) is 23.2. The molecule has 0 saturated heterocycles. The molecule has 1 aliphatic carbocycles. The summed E-state index contributed by atoms with van der Waals surface area (Å²) < 4.78 is 27.1. The standard InChI is InChI=1S/C12H13N3O2S/c13-10-6-11(10)15-18(16,17)12-3-1-2-8-7-14-5-4-9(8)12/h1-5,7,10-11,15H,6,13H2. The molecule has 0 bridgehead atoms. The molecule has 94 valence electrons. The van der Waals surface area contributed by atoms with Gasteiger partial charge in [0.15, 0.2) is 0 Å². The maximum atomic E-state index is 12.3. The highest BCUT2D eigenvalue weighted by Gasteiger charge is 2.37. The lowest BCUT2D eigenvalue weighted by molar-refractivity contribution is 0.580. The van der Waals surface area contributed by atoms with Crippen molar-refractivity contribution >= 4 is 20.8 Å². The van der Waals surface area contributed by atoms with E-state index in [1.807, 2.05) is 6.07 Å². The Morgan fingerprint density at radius 1 is 1.33 bits per heavy atom. The third-order valence-corrected chi connectivity index (χ3v) is 4.62. The van der Waals surface area contributed by atoms with Gasteiger partial charge in [0.1, 0.15) is 0 Å². The Morgan fingerprint density at radius 3 is 2.83 bits per heavy atom. The quantitative estimate of drug-likeness (QED) is 0.849. The minimum Gasteiger partial charge on any atom is -0.326 e. The van der Waals surface area contributed by atoms with Crippen LogP contribution < -0.4 is 10.5 Å². The highest BCUT2D eigenvalue weighted by atomic mass is 32.2. The number of pyridine rings is 1. The fraction of sp³-hybridized carbons (Fsp3) is 0.250. The monoisotopic (exact) mass is 263 g/mol. The first-order valence-electron chi connectivity index (χ1n) is 5.68. The Morgan fingerprint density at radius 2 is 2.11 bits per heavy atom. The predicted octanol–water partition coefficient (Wildman–Crippen LogP) is 0.613. The van der Waals surface area contributed by atoms with Crippen LogP contribution in [0.25, 0.3) is 10.8 Å². The van der Waals surface area contributed by atoms with Crippen LogP contribution in [0.2, 0.25) is 0 Å². The molecule has 6 heteroatoms. The molecular weight excluding hydrogens is 250 g/mol. The Labute approximate surface area is 105 Å². The van der Waals surface area contributed by atoms with Crippen LogP contribution in [-0.4, -0.2) is 25.5 Å². The summed E-state index contributed by atoms with van der Waals surface area (Å²) in [6, 6.07) is 6.66. The molecule has 1 aromatic heterocycles. The molecule has 0 amide bonds. The number of rotatable bonds is 3. The van der Waals surface area contributed by atoms with E-state index in [0.29, 0.717) is 11.8 Å². The van der Waals surface area contributed by atoms with E-state index in [0.717, 1.165) is 5.39 Å². The van der Waals surface area contributed by atoms with Crippen LogP contribution in [0.3, 0.4) is 0 Å². The molecule has 18 heavy (non-hydrogen) atoms. The molecule has 0 spiro atoms. The van der Waals surface area contributed by atoms with Crippen LogP contribution in [0.4, 0.5) is 0 Å². The fourth-order valence-corrected chi connectivity index (χ4v) is 3.47. The Kier molecular flexibility index (Phi) is 2.58. The SMILES string of the molecule is NC1CC1NS(=O)(=O)c1cccc2cnccc12. The molecule has 3 N–H and O–H groups in total. The molecule has 1 aromatic carbocycles. The number of aromatic nitrogens is 1. The molecule has 2 aromatic rings. The van der Waals surface area contributed by atoms with Gasteiger partial charge in [-0.3, -0.25) is 4.98 Å². The van der Waals surface area contributed by atoms with Crippen LogP contribution in [0, 0.1) is 0 Å². The summed E-state index contributed by atoms with van der Waals surface area (Å²) in [7, 11) is -3.51. The topological polar surface area (TPSA) is 85.1 Å². The summed E-state index contributed by atoms with van der Waals surface area (Å²) in [5.41, 5.74) is 5.63. The molecule has 2 atom stereocenters. The molecule has 0 aliphatic heterocycles. The molecule has 1 saturated carbocycles. The van der Waals surface area contributed by atoms with Crippen molar-refractivity contribution in [2.24, 2.45) is 5.73 Å². The Balaban J connectivity index is 2.08. The van der Waals surface area contributed by atoms with Gasteiger partial charge in [-0.1, -0.05) is 12.1 Å². The lowest BCUT2D eigenvalue weighted by Crippen LogP contribution is -2.29. The van der Waals surface area contributed by atoms with Crippen LogP contribution >= 0.6 is 0 Å². The first-order chi connectivity index (χ1) is 8.58. The van der Waals surface area contributed by atoms with Crippen molar-refractivity contribution in [3.8, 4) is 0 Å². The number of nitrogens with two attached hydrogens (primary N) is 1. The van der Waals surface area contributed by atoms with Gasteiger partial charge in [0.2, 0.25) is 10.0 Å². The van der Waals surface area contributed by atoms with Crippen molar-refractivity contribution in [2.45, 2.75) is 23.4 Å². The second-order valence-corrected chi connectivity index (χ2v) is 6.16. The van der Waals surface area contributed by atoms with Crippen molar-refractivity contribution in [3.05, 3.63) is 36.7 Å². The van der Waals surface area contributed by atoms with E-state index in [-0.39, 0.29) is 17.0 Å². The van der Waals surface area contributed by atoms with E-state index in [1.165, 1.54) is 0 Å². The van der Waals surface area contributed by atoms with Gasteiger partial charge in [-0.05, 0) is 18.6 Å². The Hall–Kier alpha value is -1.50. The number of benzene rings is 1. The van der Waals surface area contributed by atoms with Gasteiger partial charge < -0.3 is 5.73 Å². The van der Waals surface area contributed by atoms with Gasteiger partial charge in [0.25, 0.3) is 0 Å². The smallest absolute Gasteiger partial charge is 0.241 e. The molecule has 3 rings (SSSR count). The zero-order valence-electron chi connectivity index (χ0n) is 9.58. The maximum Gasteiger partial charge on any atom is 0.241 e. The minimum absolute atomic E-state index is 0.0589. The summed E-state index contributed by atoms with van der Waals surface area (Å²) in [6.45, 7) is 0. The van der Waals surface area contributed by atoms with Gasteiger partial charge >= 0.3 is 0 Å². The third-order valence-electron chi connectivity index (χ3n) is 3.08. The number of fused-ring (bicyclic) bond motifs is 1. The van der Waals surface area contributed by atoms with Crippen molar-refractivity contribution in [2.75, 3.05) is 0 Å². The Bertz CT molecular complexity index is 694. The second kappa shape index (κ2) is 4.01. The molecule has 0 radical (unpaired) electrons. The van der Waals surface area contributed by atoms with Crippen molar-refractivity contribution < 1.29 is 8.42 Å². The van der Waals surface area contributed by atoms with Crippen LogP contribution in [-0.2, 0) is 10.0 Å². The van der Waals surface area contributed by atoms with E-state index in [2.05, 4.69) is 9.71 Å². The molecule has 1 aliphatic rings. The molecule has 5 nitrogen and oxygen atoms in total. The van der Waals surface area contributed by atoms with E-state index >= 15 is 0 Å². The minimum atomic E-state index is -3.51. The molecule has 1 fully saturated rings. The molecule has 2 unspecified atom stereocenters. The highest BCUT2D eigenvalue weighted by Crippen LogP contribution is 2.25. The lowest BCUT2D eigenvalue weighted by Gasteiger charge is -2.08. The van der Waals surface area contributed by atoms with Crippen molar-refractivity contribution in [3.63, 3.8) is 0 Å². The summed E-state index contributed by atoms with van der Waals surface area (Å²) >= 11 is 0. The van der Waals surface area contributed by atoms with E-state index in [1.54, 1.807) is 30.6 Å². The van der Waals surface area contributed by atoms with Gasteiger partial charge in [-0.15, -0.1) is 0 Å². The van der Waals surface area contributed by atoms with Gasteiger partial charge in [0.05, 0.1) is 4.90 Å². The summed E-state index contributed by atoms with van der Waals surface area (Å²) in [5, 5.41) is 1.48. The summed E-state index contributed by atoms with van der Waals surface area (Å²) in [4.78, 5) is 4.27. The second-order valence-electron chi connectivity index (χ2n) is 4.48. The highest BCUT2D eigenvalue weighted by molar-refractivity contribution is 7.89. The largest absolute Gasteiger partial charge is 0.326 e. The van der Waals surface area contributed by atoms with E-state index in [4.69, 9.17) is 5.73 Å². The van der Waals surface area contributed by atoms with Gasteiger partial charge in [-0.25, -0.2) is 13.1 Å². The number of hydrogen-bond donors (Lipinski definition) is 2. The number of hydrogen-bond acceptors (Lipinski definition) is 4. The zero-order valence-corrected chi connectivity index (χ0v) is 10.4. The number of nitrogens with zero attached hydrogens (tertiary/aromatic N) is 1. The first-order valence-corrected chi connectivity index (χ1v) is 7.17. The predicted molar refractivity (Wildman–Crippen MR) is 68.4 cm³/mol. The maximum absolute atomic E-state index is 12.3. The van der Waals surface area contributed by atoms with Crippen molar-refractivity contribution in [1.82, 2.24) is 9.71 Å². The van der Waals surface area contributed by atoms with Gasteiger partial charge in [-0.2, -0.15) is 0 Å². The zero-order chi connectivity index (χ0) is 12.8. The summed E-state index contributed by atoms with van der Waals surface area (Å²) in [6.07, 6.45) is 3.94. The van der Waals surface area contributed by atoms with Crippen molar-refractivity contribution in [1.29, 1.82) is 0 Å². The summed E-state index contributed by atoms with van der Waals surface area (Å²) in [5.74, 6) is 0. The van der Waals surface area contributed by atoms with Crippen LogP contribution in [0.1, 0.15) is 6.42 Å². The van der Waals surface area contributed by atoms with E-state index in [9.17, 15) is 8.42 Å². The average Bonchev–Trinajstić information content (AvgIpc) is 3.03. The fourth-order valence-electron chi connectivity index (χ4n) is 1.94. The molecular formula is C12H13N3O2S. The molecule has 1 heterocycles. The lowest BCUT2D eigenvalue weighted by atomic mass is 10.2. The third kappa shape index (κ3) is 1.98. The van der Waals surface area contributed by atoms with Crippen LogP contribution in [0.15, 0.2) is 41.6 Å². The van der Waals surface area contributed by atoms with Crippen LogP contribution in [0.5, 0.6) is 0 Å². The van der Waals surface area contributed by atoms with Gasteiger partial charge in [0, 0.05) is 35.2 Å². The number of nitrogens with one attached hydrogen (secondary N) is 1.